The zero-order chi connectivity index (χ0) is 14.5. The van der Waals surface area contributed by atoms with Gasteiger partial charge in [0.05, 0.1) is 17.3 Å². The zero-order valence-corrected chi connectivity index (χ0v) is 13.3. The molecule has 0 fully saturated rings. The number of rotatable bonds is 4. The summed E-state index contributed by atoms with van der Waals surface area (Å²) in [5, 5.41) is 6.43. The summed E-state index contributed by atoms with van der Waals surface area (Å²) < 4.78 is 0.906. The van der Waals surface area contributed by atoms with Gasteiger partial charge in [-0.2, -0.15) is 0 Å². The predicted octanol–water partition coefficient (Wildman–Crippen LogP) is 4.46. The molecule has 0 aliphatic rings. The topological polar surface area (TPSA) is 41.1 Å². The lowest BCUT2D eigenvalue weighted by atomic mass is 10.2. The third-order valence-electron chi connectivity index (χ3n) is 2.67. The van der Waals surface area contributed by atoms with E-state index in [0.717, 1.165) is 21.4 Å². The normalized spacial score (nSPS) is 10.2. The lowest BCUT2D eigenvalue weighted by molar-refractivity contribution is -0.114. The summed E-state index contributed by atoms with van der Waals surface area (Å²) in [4.78, 5) is 11.9. The van der Waals surface area contributed by atoms with Crippen LogP contribution >= 0.6 is 27.5 Å². The monoisotopic (exact) mass is 352 g/mol. The molecule has 3 nitrogen and oxygen atoms in total. The highest BCUT2D eigenvalue weighted by molar-refractivity contribution is 9.10. The van der Waals surface area contributed by atoms with Gasteiger partial charge in [0.25, 0.3) is 0 Å². The molecule has 0 atom stereocenters. The Hall–Kier alpha value is -1.52. The zero-order valence-electron chi connectivity index (χ0n) is 10.9. The van der Waals surface area contributed by atoms with E-state index < -0.39 is 0 Å². The molecule has 0 saturated heterocycles. The van der Waals surface area contributed by atoms with Gasteiger partial charge in [-0.1, -0.05) is 39.7 Å². The van der Waals surface area contributed by atoms with Crippen LogP contribution in [-0.4, -0.2) is 12.5 Å². The Morgan fingerprint density at radius 2 is 2.05 bits per heavy atom. The molecule has 0 unspecified atom stereocenters. The quantitative estimate of drug-likeness (QED) is 0.852. The van der Waals surface area contributed by atoms with E-state index in [1.54, 1.807) is 6.07 Å². The summed E-state index contributed by atoms with van der Waals surface area (Å²) in [5.74, 6) is -0.119. The number of hydrogen-bond donors (Lipinski definition) is 2. The smallest absolute Gasteiger partial charge is 0.243 e. The van der Waals surface area contributed by atoms with Crippen LogP contribution in [0.4, 0.5) is 11.4 Å². The summed E-state index contributed by atoms with van der Waals surface area (Å²) >= 11 is 9.41. The predicted molar refractivity (Wildman–Crippen MR) is 87.5 cm³/mol. The highest BCUT2D eigenvalue weighted by Gasteiger charge is 2.05. The first kappa shape index (κ1) is 14.9. The van der Waals surface area contributed by atoms with Crippen LogP contribution in [0, 0.1) is 6.92 Å². The van der Waals surface area contributed by atoms with Crippen LogP contribution in [0.3, 0.4) is 0 Å². The van der Waals surface area contributed by atoms with Crippen LogP contribution in [0.1, 0.15) is 5.56 Å². The Morgan fingerprint density at radius 1 is 1.25 bits per heavy atom. The molecule has 0 radical (unpaired) electrons. The van der Waals surface area contributed by atoms with Crippen molar-refractivity contribution in [2.24, 2.45) is 0 Å². The van der Waals surface area contributed by atoms with E-state index in [-0.39, 0.29) is 12.5 Å². The molecular formula is C15H14BrClN2O. The van der Waals surface area contributed by atoms with E-state index in [2.05, 4.69) is 26.6 Å². The van der Waals surface area contributed by atoms with Crippen LogP contribution < -0.4 is 10.6 Å². The third kappa shape index (κ3) is 4.25. The average molecular weight is 354 g/mol. The number of benzene rings is 2. The van der Waals surface area contributed by atoms with E-state index in [1.807, 2.05) is 43.3 Å². The van der Waals surface area contributed by atoms with E-state index in [9.17, 15) is 4.79 Å². The maximum absolute atomic E-state index is 11.9. The minimum absolute atomic E-state index is 0.119. The largest absolute Gasteiger partial charge is 0.375 e. The van der Waals surface area contributed by atoms with Crippen molar-refractivity contribution in [3.63, 3.8) is 0 Å². The van der Waals surface area contributed by atoms with Gasteiger partial charge >= 0.3 is 0 Å². The summed E-state index contributed by atoms with van der Waals surface area (Å²) in [6.07, 6.45) is 0. The fourth-order valence-corrected chi connectivity index (χ4v) is 2.28. The van der Waals surface area contributed by atoms with Crippen molar-refractivity contribution in [3.8, 4) is 0 Å². The highest BCUT2D eigenvalue weighted by atomic mass is 79.9. The molecule has 1 amide bonds. The minimum atomic E-state index is -0.119. The van der Waals surface area contributed by atoms with Gasteiger partial charge < -0.3 is 10.6 Å². The van der Waals surface area contributed by atoms with Gasteiger partial charge in [0.15, 0.2) is 0 Å². The second-order valence-corrected chi connectivity index (χ2v) is 5.72. The molecule has 0 heterocycles. The summed E-state index contributed by atoms with van der Waals surface area (Å²) in [5.41, 5.74) is 2.61. The lowest BCUT2D eigenvalue weighted by Crippen LogP contribution is -2.21. The van der Waals surface area contributed by atoms with Crippen molar-refractivity contribution in [1.29, 1.82) is 0 Å². The molecule has 2 N–H and O–H groups in total. The number of nitrogens with one attached hydrogen (secondary N) is 2. The van der Waals surface area contributed by atoms with Gasteiger partial charge in [-0.05, 0) is 42.8 Å². The molecule has 20 heavy (non-hydrogen) atoms. The number of hydrogen-bond acceptors (Lipinski definition) is 2. The number of aryl methyl sites for hydroxylation is 1. The van der Waals surface area contributed by atoms with Crippen LogP contribution in [-0.2, 0) is 4.79 Å². The van der Waals surface area contributed by atoms with Crippen LogP contribution in [0.5, 0.6) is 0 Å². The average Bonchev–Trinajstić information content (AvgIpc) is 2.40. The second kappa shape index (κ2) is 6.77. The number of amides is 1. The molecule has 2 aromatic rings. The molecule has 0 aliphatic carbocycles. The van der Waals surface area contributed by atoms with E-state index >= 15 is 0 Å². The van der Waals surface area contributed by atoms with Crippen molar-refractivity contribution < 1.29 is 4.79 Å². The molecular weight excluding hydrogens is 340 g/mol. The van der Waals surface area contributed by atoms with E-state index in [1.165, 1.54) is 0 Å². The fraction of sp³-hybridized carbons (Fsp3) is 0.133. The third-order valence-corrected chi connectivity index (χ3v) is 3.49. The fourth-order valence-electron chi connectivity index (χ4n) is 1.74. The highest BCUT2D eigenvalue weighted by Crippen LogP contribution is 2.25. The molecule has 0 saturated carbocycles. The van der Waals surface area contributed by atoms with Crippen LogP contribution in [0.25, 0.3) is 0 Å². The van der Waals surface area contributed by atoms with Gasteiger partial charge in [-0.25, -0.2) is 0 Å². The maximum atomic E-state index is 11.9. The van der Waals surface area contributed by atoms with Crippen molar-refractivity contribution in [2.45, 2.75) is 6.92 Å². The van der Waals surface area contributed by atoms with Crippen LogP contribution in [0.2, 0.25) is 5.02 Å². The van der Waals surface area contributed by atoms with E-state index in [0.29, 0.717) is 5.02 Å². The van der Waals surface area contributed by atoms with Gasteiger partial charge in [0.1, 0.15) is 0 Å². The Morgan fingerprint density at radius 3 is 2.80 bits per heavy atom. The standard InChI is InChI=1S/C15H14BrClN2O/c1-10-3-2-4-12(7-10)19-15(20)9-18-14-8-11(16)5-6-13(14)17/h2-8,18H,9H2,1H3,(H,19,20). The Bertz CT molecular complexity index is 631. The first-order valence-corrected chi connectivity index (χ1v) is 7.27. The second-order valence-electron chi connectivity index (χ2n) is 4.40. The number of carbonyl (C=O) groups is 1. The van der Waals surface area contributed by atoms with Gasteiger partial charge in [-0.3, -0.25) is 4.79 Å². The Labute approximate surface area is 131 Å². The van der Waals surface area contributed by atoms with Gasteiger partial charge in [0.2, 0.25) is 5.91 Å². The van der Waals surface area contributed by atoms with Gasteiger partial charge in [-0.15, -0.1) is 0 Å². The SMILES string of the molecule is Cc1cccc(NC(=O)CNc2cc(Br)ccc2Cl)c1. The Balaban J connectivity index is 1.94. The molecule has 2 aromatic carbocycles. The summed E-state index contributed by atoms with van der Waals surface area (Å²) in [6.45, 7) is 2.14. The molecule has 2 rings (SSSR count). The summed E-state index contributed by atoms with van der Waals surface area (Å²) in [6, 6.07) is 13.1. The molecule has 0 aliphatic heterocycles. The van der Waals surface area contributed by atoms with Crippen molar-refractivity contribution >= 4 is 44.8 Å². The Kier molecular flexibility index (Phi) is 5.04. The number of carbonyl (C=O) groups excluding carboxylic acids is 1. The van der Waals surface area contributed by atoms with Crippen molar-refractivity contribution in [1.82, 2.24) is 0 Å². The molecule has 0 aromatic heterocycles. The first-order valence-electron chi connectivity index (χ1n) is 6.10. The molecule has 0 spiro atoms. The molecule has 104 valence electrons. The van der Waals surface area contributed by atoms with Crippen molar-refractivity contribution in [3.05, 3.63) is 57.5 Å². The lowest BCUT2D eigenvalue weighted by Gasteiger charge is -2.10. The minimum Gasteiger partial charge on any atom is -0.375 e. The molecule has 0 bridgehead atoms. The van der Waals surface area contributed by atoms with Gasteiger partial charge in [0, 0.05) is 10.2 Å². The maximum Gasteiger partial charge on any atom is 0.243 e. The number of anilines is 2. The number of halogens is 2. The van der Waals surface area contributed by atoms with Crippen LogP contribution in [0.15, 0.2) is 46.9 Å². The molecule has 5 heteroatoms. The van der Waals surface area contributed by atoms with Crippen molar-refractivity contribution in [2.75, 3.05) is 17.2 Å². The summed E-state index contributed by atoms with van der Waals surface area (Å²) in [7, 11) is 0. The first-order chi connectivity index (χ1) is 9.54. The van der Waals surface area contributed by atoms with E-state index in [4.69, 9.17) is 11.6 Å².